The molecule has 3 N–H and O–H groups in total. The largest absolute Gasteiger partial charge is 0.495 e. The van der Waals surface area contributed by atoms with Crippen LogP contribution >= 0.6 is 11.3 Å². The smallest absolute Gasteiger partial charge is 0.187 e. The van der Waals surface area contributed by atoms with Gasteiger partial charge < -0.3 is 15.8 Å². The molecule has 0 fully saturated rings. The number of rotatable bonds is 4. The molecule has 1 aliphatic rings. The van der Waals surface area contributed by atoms with Crippen molar-refractivity contribution < 1.29 is 4.74 Å². The van der Waals surface area contributed by atoms with Crippen LogP contribution in [0.1, 0.15) is 34.9 Å². The number of fused-ring (bicyclic) bond motifs is 1. The summed E-state index contributed by atoms with van der Waals surface area (Å²) in [6.07, 6.45) is 3.49. The Morgan fingerprint density at radius 2 is 2.04 bits per heavy atom. The Morgan fingerprint density at radius 3 is 2.84 bits per heavy atom. The van der Waals surface area contributed by atoms with Crippen LogP contribution in [0.2, 0.25) is 0 Å². The number of thiazole rings is 1. The molecular weight excluding hydrogens is 330 g/mol. The minimum absolute atomic E-state index is 0.401. The fourth-order valence-corrected chi connectivity index (χ4v) is 4.48. The van der Waals surface area contributed by atoms with Gasteiger partial charge in [-0.25, -0.2) is 4.98 Å². The molecule has 4 nitrogen and oxygen atoms in total. The van der Waals surface area contributed by atoms with Gasteiger partial charge in [0.05, 0.1) is 18.5 Å². The minimum Gasteiger partial charge on any atom is -0.495 e. The Hall–Kier alpha value is -2.53. The number of ether oxygens (including phenoxy) is 1. The van der Waals surface area contributed by atoms with E-state index >= 15 is 0 Å². The van der Waals surface area contributed by atoms with Gasteiger partial charge in [0, 0.05) is 22.5 Å². The first kappa shape index (κ1) is 16.0. The van der Waals surface area contributed by atoms with Crippen LogP contribution in [-0.2, 0) is 6.42 Å². The van der Waals surface area contributed by atoms with E-state index in [1.54, 1.807) is 18.4 Å². The molecule has 1 heterocycles. The molecule has 3 aromatic rings. The maximum absolute atomic E-state index is 5.89. The Bertz CT molecular complexity index is 876. The number of hydrogen-bond donors (Lipinski definition) is 2. The number of methoxy groups -OCH3 is 1. The standard InChI is InChI=1S/C20H21N3OS/c1-24-17-12-14(10-11-16(17)21)22-20-23-19-15(8-5-9-18(19)25-20)13-6-3-2-4-7-13/h2-4,6-7,10-12,15H,5,8-9,21H2,1H3,(H,22,23). The van der Waals surface area contributed by atoms with Gasteiger partial charge in [-0.2, -0.15) is 0 Å². The summed E-state index contributed by atoms with van der Waals surface area (Å²) >= 11 is 1.75. The Kier molecular flexibility index (Phi) is 4.32. The fraction of sp³-hybridized carbons (Fsp3) is 0.250. The molecule has 0 amide bonds. The number of hydrogen-bond acceptors (Lipinski definition) is 5. The van der Waals surface area contributed by atoms with E-state index in [0.29, 0.717) is 17.4 Å². The van der Waals surface area contributed by atoms with Crippen LogP contribution in [0.25, 0.3) is 0 Å². The number of nitrogens with one attached hydrogen (secondary N) is 1. The van der Waals surface area contributed by atoms with Crippen LogP contribution in [0, 0.1) is 0 Å². The predicted molar refractivity (Wildman–Crippen MR) is 104 cm³/mol. The van der Waals surface area contributed by atoms with E-state index in [2.05, 4.69) is 35.6 Å². The average Bonchev–Trinajstić information content (AvgIpc) is 3.06. The Labute approximate surface area is 151 Å². The van der Waals surface area contributed by atoms with Gasteiger partial charge in [0.25, 0.3) is 0 Å². The van der Waals surface area contributed by atoms with Gasteiger partial charge in [0.15, 0.2) is 5.13 Å². The van der Waals surface area contributed by atoms with Crippen LogP contribution in [-0.4, -0.2) is 12.1 Å². The highest BCUT2D eigenvalue weighted by Crippen LogP contribution is 2.41. The zero-order chi connectivity index (χ0) is 17.2. The number of aromatic nitrogens is 1. The van der Waals surface area contributed by atoms with Gasteiger partial charge in [0.1, 0.15) is 5.75 Å². The highest BCUT2D eigenvalue weighted by atomic mass is 32.1. The Balaban J connectivity index is 1.62. The summed E-state index contributed by atoms with van der Waals surface area (Å²) in [5.41, 5.74) is 10.0. The van der Waals surface area contributed by atoms with Gasteiger partial charge >= 0.3 is 0 Å². The van der Waals surface area contributed by atoms with E-state index in [1.165, 1.54) is 22.6 Å². The summed E-state index contributed by atoms with van der Waals surface area (Å²) in [6, 6.07) is 16.4. The number of nitrogens with two attached hydrogens (primary N) is 1. The molecule has 25 heavy (non-hydrogen) atoms. The highest BCUT2D eigenvalue weighted by molar-refractivity contribution is 7.15. The molecule has 1 aliphatic carbocycles. The zero-order valence-electron chi connectivity index (χ0n) is 14.2. The second kappa shape index (κ2) is 6.76. The van der Waals surface area contributed by atoms with Crippen molar-refractivity contribution in [1.82, 2.24) is 4.98 Å². The quantitative estimate of drug-likeness (QED) is 0.653. The fourth-order valence-electron chi connectivity index (χ4n) is 3.39. The third-order valence-corrected chi connectivity index (χ3v) is 5.69. The molecule has 0 spiro atoms. The van der Waals surface area contributed by atoms with E-state index in [-0.39, 0.29) is 0 Å². The molecule has 0 radical (unpaired) electrons. The summed E-state index contributed by atoms with van der Waals surface area (Å²) in [6.45, 7) is 0. The molecule has 0 saturated heterocycles. The summed E-state index contributed by atoms with van der Waals surface area (Å²) in [4.78, 5) is 6.31. The van der Waals surface area contributed by atoms with Crippen molar-refractivity contribution in [1.29, 1.82) is 0 Å². The first-order valence-corrected chi connectivity index (χ1v) is 9.31. The minimum atomic E-state index is 0.401. The lowest BCUT2D eigenvalue weighted by Crippen LogP contribution is -2.09. The molecule has 128 valence electrons. The second-order valence-electron chi connectivity index (χ2n) is 6.26. The molecule has 0 bridgehead atoms. The average molecular weight is 351 g/mol. The highest BCUT2D eigenvalue weighted by Gasteiger charge is 2.26. The van der Waals surface area contributed by atoms with E-state index in [9.17, 15) is 0 Å². The van der Waals surface area contributed by atoms with Crippen LogP contribution < -0.4 is 15.8 Å². The van der Waals surface area contributed by atoms with Gasteiger partial charge in [-0.1, -0.05) is 30.3 Å². The Morgan fingerprint density at radius 1 is 1.20 bits per heavy atom. The van der Waals surface area contributed by atoms with E-state index in [1.807, 2.05) is 18.2 Å². The SMILES string of the molecule is COc1cc(Nc2nc3c(s2)CCCC3c2ccccc2)ccc1N. The molecule has 1 aromatic heterocycles. The van der Waals surface area contributed by atoms with Crippen LogP contribution in [0.5, 0.6) is 5.75 Å². The van der Waals surface area contributed by atoms with E-state index < -0.39 is 0 Å². The lowest BCUT2D eigenvalue weighted by atomic mass is 9.85. The number of anilines is 3. The first-order chi connectivity index (χ1) is 12.2. The lowest BCUT2D eigenvalue weighted by molar-refractivity contribution is 0.417. The van der Waals surface area contributed by atoms with Gasteiger partial charge in [-0.3, -0.25) is 0 Å². The third-order valence-electron chi connectivity index (χ3n) is 4.64. The lowest BCUT2D eigenvalue weighted by Gasteiger charge is -2.21. The number of benzene rings is 2. The zero-order valence-corrected chi connectivity index (χ0v) is 15.0. The van der Waals surface area contributed by atoms with Crippen molar-refractivity contribution in [2.45, 2.75) is 25.2 Å². The van der Waals surface area contributed by atoms with Crippen molar-refractivity contribution in [2.24, 2.45) is 0 Å². The van der Waals surface area contributed by atoms with Crippen molar-refractivity contribution in [3.8, 4) is 5.75 Å². The van der Waals surface area contributed by atoms with E-state index in [0.717, 1.165) is 23.7 Å². The van der Waals surface area contributed by atoms with Crippen molar-refractivity contribution in [3.63, 3.8) is 0 Å². The predicted octanol–water partition coefficient (Wildman–Crippen LogP) is 4.95. The monoisotopic (exact) mass is 351 g/mol. The molecule has 1 unspecified atom stereocenters. The molecule has 0 saturated carbocycles. The molecular formula is C20H21N3OS. The molecule has 5 heteroatoms. The van der Waals surface area contributed by atoms with Crippen LogP contribution in [0.15, 0.2) is 48.5 Å². The van der Waals surface area contributed by atoms with Crippen molar-refractivity contribution >= 4 is 27.8 Å². The van der Waals surface area contributed by atoms with Crippen LogP contribution in [0.4, 0.5) is 16.5 Å². The topological polar surface area (TPSA) is 60.2 Å². The van der Waals surface area contributed by atoms with Gasteiger partial charge in [0.2, 0.25) is 0 Å². The van der Waals surface area contributed by atoms with Gasteiger partial charge in [-0.15, -0.1) is 11.3 Å². The molecule has 2 aromatic carbocycles. The number of nitrogens with zero attached hydrogens (tertiary/aromatic N) is 1. The summed E-state index contributed by atoms with van der Waals surface area (Å²) in [7, 11) is 1.63. The van der Waals surface area contributed by atoms with Crippen molar-refractivity contribution in [3.05, 3.63) is 64.7 Å². The normalized spacial score (nSPS) is 16.3. The maximum atomic E-state index is 5.89. The summed E-state index contributed by atoms with van der Waals surface area (Å²) in [5, 5.41) is 4.34. The molecule has 4 rings (SSSR count). The van der Waals surface area contributed by atoms with Crippen molar-refractivity contribution in [2.75, 3.05) is 18.2 Å². The number of nitrogen functional groups attached to an aromatic ring is 1. The second-order valence-corrected chi connectivity index (χ2v) is 7.35. The van der Waals surface area contributed by atoms with Crippen LogP contribution in [0.3, 0.4) is 0 Å². The van der Waals surface area contributed by atoms with E-state index in [4.69, 9.17) is 15.5 Å². The molecule has 0 aliphatic heterocycles. The molecule has 1 atom stereocenters. The summed E-state index contributed by atoms with van der Waals surface area (Å²) < 4.78 is 5.30. The summed E-state index contributed by atoms with van der Waals surface area (Å²) in [5.74, 6) is 1.08. The first-order valence-electron chi connectivity index (χ1n) is 8.49. The van der Waals surface area contributed by atoms with Gasteiger partial charge in [-0.05, 0) is 37.0 Å². The number of aryl methyl sites for hydroxylation is 1. The third kappa shape index (κ3) is 3.20. The maximum Gasteiger partial charge on any atom is 0.187 e.